The Kier molecular flexibility index (Phi) is 3.46. The van der Waals surface area contributed by atoms with E-state index in [4.69, 9.17) is 4.74 Å². The van der Waals surface area contributed by atoms with Crippen LogP contribution in [0.15, 0.2) is 36.9 Å². The van der Waals surface area contributed by atoms with E-state index in [1.165, 1.54) is 10.9 Å². The summed E-state index contributed by atoms with van der Waals surface area (Å²) in [5, 5.41) is 0. The number of aryl methyl sites for hydroxylation is 2. The molecule has 1 aromatic carbocycles. The summed E-state index contributed by atoms with van der Waals surface area (Å²) in [7, 11) is 0. The number of hydrogen-bond acceptors (Lipinski definition) is 3. The minimum absolute atomic E-state index is 0.129. The Morgan fingerprint density at radius 1 is 1.33 bits per heavy atom. The second-order valence-corrected chi connectivity index (χ2v) is 4.29. The molecule has 4 heteroatoms. The Balaban J connectivity index is 2.17. The third kappa shape index (κ3) is 2.42. The van der Waals surface area contributed by atoms with Crippen LogP contribution in [-0.2, 0) is 0 Å². The van der Waals surface area contributed by atoms with Gasteiger partial charge < -0.3 is 4.74 Å². The lowest BCUT2D eigenvalue weighted by molar-refractivity contribution is 0.0725. The van der Waals surface area contributed by atoms with Crippen LogP contribution in [0.1, 0.15) is 22.8 Å². The Morgan fingerprint density at radius 2 is 2.00 bits per heavy atom. The zero-order valence-electron chi connectivity index (χ0n) is 10.8. The molecular formula is C14H16N2O2. The van der Waals surface area contributed by atoms with E-state index in [1.807, 2.05) is 32.0 Å². The fourth-order valence-electron chi connectivity index (χ4n) is 1.81. The molecule has 1 heterocycles. The smallest absolute Gasteiger partial charge is 0.272 e. The number of ether oxygens (including phenoxy) is 1. The summed E-state index contributed by atoms with van der Waals surface area (Å²) in [6.07, 6.45) is 4.13. The first-order valence-electron chi connectivity index (χ1n) is 5.84. The van der Waals surface area contributed by atoms with Gasteiger partial charge in [0.25, 0.3) is 5.91 Å². The van der Waals surface area contributed by atoms with Crippen molar-refractivity contribution in [2.75, 3.05) is 0 Å². The van der Waals surface area contributed by atoms with Crippen molar-refractivity contribution in [1.82, 2.24) is 9.55 Å². The topological polar surface area (TPSA) is 44.1 Å². The molecule has 0 aliphatic carbocycles. The fourth-order valence-corrected chi connectivity index (χ4v) is 1.81. The SMILES string of the molecule is Cc1cccc(C)c1OC(C)C(=O)n1ccnc1. The van der Waals surface area contributed by atoms with E-state index in [1.54, 1.807) is 19.3 Å². The van der Waals surface area contributed by atoms with E-state index < -0.39 is 6.10 Å². The average molecular weight is 244 g/mol. The van der Waals surface area contributed by atoms with Crippen LogP contribution < -0.4 is 4.74 Å². The quantitative estimate of drug-likeness (QED) is 0.833. The molecule has 94 valence electrons. The molecule has 1 unspecified atom stereocenters. The van der Waals surface area contributed by atoms with Gasteiger partial charge in [-0.3, -0.25) is 9.36 Å². The van der Waals surface area contributed by atoms with E-state index in [-0.39, 0.29) is 5.91 Å². The van der Waals surface area contributed by atoms with Crippen LogP contribution in [0, 0.1) is 13.8 Å². The minimum atomic E-state index is -0.543. The Bertz CT molecular complexity index is 527. The first-order chi connectivity index (χ1) is 8.59. The number of rotatable bonds is 3. The van der Waals surface area contributed by atoms with Gasteiger partial charge in [0.15, 0.2) is 6.10 Å². The number of para-hydroxylation sites is 1. The van der Waals surface area contributed by atoms with Crippen molar-refractivity contribution in [3.63, 3.8) is 0 Å². The van der Waals surface area contributed by atoms with Gasteiger partial charge in [-0.25, -0.2) is 4.98 Å². The van der Waals surface area contributed by atoms with E-state index in [0.717, 1.165) is 16.9 Å². The third-order valence-electron chi connectivity index (χ3n) is 2.81. The van der Waals surface area contributed by atoms with Crippen molar-refractivity contribution in [3.05, 3.63) is 48.0 Å². The summed E-state index contributed by atoms with van der Waals surface area (Å²) >= 11 is 0. The molecule has 0 N–H and O–H groups in total. The van der Waals surface area contributed by atoms with Crippen LogP contribution in [0.4, 0.5) is 0 Å². The molecule has 0 amide bonds. The first-order valence-corrected chi connectivity index (χ1v) is 5.84. The molecule has 18 heavy (non-hydrogen) atoms. The highest BCUT2D eigenvalue weighted by Gasteiger charge is 2.17. The van der Waals surface area contributed by atoms with Gasteiger partial charge in [-0.05, 0) is 31.9 Å². The second kappa shape index (κ2) is 5.04. The second-order valence-electron chi connectivity index (χ2n) is 4.29. The van der Waals surface area contributed by atoms with Gasteiger partial charge in [0.2, 0.25) is 0 Å². The number of carbonyl (C=O) groups excluding carboxylic acids is 1. The van der Waals surface area contributed by atoms with Crippen molar-refractivity contribution < 1.29 is 9.53 Å². The largest absolute Gasteiger partial charge is 0.480 e. The molecule has 2 rings (SSSR count). The Morgan fingerprint density at radius 3 is 2.56 bits per heavy atom. The predicted octanol–water partition coefficient (Wildman–Crippen LogP) is 2.61. The normalized spacial score (nSPS) is 12.2. The van der Waals surface area contributed by atoms with Crippen LogP contribution in [0.25, 0.3) is 0 Å². The highest BCUT2D eigenvalue weighted by molar-refractivity contribution is 5.83. The van der Waals surface area contributed by atoms with Crippen LogP contribution >= 0.6 is 0 Å². The summed E-state index contributed by atoms with van der Waals surface area (Å²) in [6.45, 7) is 5.68. The number of hydrogen-bond donors (Lipinski definition) is 0. The summed E-state index contributed by atoms with van der Waals surface area (Å²) in [4.78, 5) is 15.9. The van der Waals surface area contributed by atoms with E-state index in [2.05, 4.69) is 4.98 Å². The maximum absolute atomic E-state index is 12.0. The number of imidazole rings is 1. The van der Waals surface area contributed by atoms with Crippen molar-refractivity contribution in [1.29, 1.82) is 0 Å². The number of aromatic nitrogens is 2. The lowest BCUT2D eigenvalue weighted by Crippen LogP contribution is -2.28. The average Bonchev–Trinajstić information content (AvgIpc) is 2.86. The van der Waals surface area contributed by atoms with Gasteiger partial charge >= 0.3 is 0 Å². The molecule has 0 saturated heterocycles. The highest BCUT2D eigenvalue weighted by atomic mass is 16.5. The lowest BCUT2D eigenvalue weighted by Gasteiger charge is -2.17. The van der Waals surface area contributed by atoms with Gasteiger partial charge in [-0.15, -0.1) is 0 Å². The van der Waals surface area contributed by atoms with Gasteiger partial charge in [0.1, 0.15) is 12.1 Å². The van der Waals surface area contributed by atoms with Crippen molar-refractivity contribution in [2.45, 2.75) is 26.9 Å². The molecular weight excluding hydrogens is 228 g/mol. The molecule has 0 saturated carbocycles. The Hall–Kier alpha value is -2.10. The molecule has 0 fully saturated rings. The molecule has 4 nitrogen and oxygen atoms in total. The number of nitrogens with zero attached hydrogens (tertiary/aromatic N) is 2. The molecule has 0 radical (unpaired) electrons. The number of carbonyl (C=O) groups is 1. The third-order valence-corrected chi connectivity index (χ3v) is 2.81. The molecule has 0 aliphatic rings. The number of benzene rings is 1. The van der Waals surface area contributed by atoms with E-state index in [0.29, 0.717) is 0 Å². The van der Waals surface area contributed by atoms with Crippen molar-refractivity contribution >= 4 is 5.91 Å². The maximum Gasteiger partial charge on any atom is 0.272 e. The molecule has 1 aromatic heterocycles. The summed E-state index contributed by atoms with van der Waals surface area (Å²) in [5.74, 6) is 0.647. The van der Waals surface area contributed by atoms with Crippen LogP contribution in [-0.4, -0.2) is 21.6 Å². The molecule has 0 bridgehead atoms. The van der Waals surface area contributed by atoms with E-state index in [9.17, 15) is 4.79 Å². The van der Waals surface area contributed by atoms with Crippen LogP contribution in [0.2, 0.25) is 0 Å². The van der Waals surface area contributed by atoms with E-state index >= 15 is 0 Å². The minimum Gasteiger partial charge on any atom is -0.480 e. The van der Waals surface area contributed by atoms with Gasteiger partial charge in [-0.1, -0.05) is 18.2 Å². The lowest BCUT2D eigenvalue weighted by atomic mass is 10.1. The highest BCUT2D eigenvalue weighted by Crippen LogP contribution is 2.23. The van der Waals surface area contributed by atoms with Gasteiger partial charge in [-0.2, -0.15) is 0 Å². The van der Waals surface area contributed by atoms with Crippen molar-refractivity contribution in [3.8, 4) is 5.75 Å². The van der Waals surface area contributed by atoms with Gasteiger partial charge in [0, 0.05) is 12.4 Å². The zero-order chi connectivity index (χ0) is 13.1. The monoisotopic (exact) mass is 244 g/mol. The summed E-state index contributed by atoms with van der Waals surface area (Å²) in [6, 6.07) is 5.91. The zero-order valence-corrected chi connectivity index (χ0v) is 10.8. The molecule has 0 spiro atoms. The van der Waals surface area contributed by atoms with Crippen LogP contribution in [0.5, 0.6) is 5.75 Å². The summed E-state index contributed by atoms with van der Waals surface area (Å²) < 4.78 is 7.19. The van der Waals surface area contributed by atoms with Gasteiger partial charge in [0.05, 0.1) is 0 Å². The molecule has 0 aliphatic heterocycles. The first kappa shape index (κ1) is 12.4. The maximum atomic E-state index is 12.0. The summed E-state index contributed by atoms with van der Waals surface area (Å²) in [5.41, 5.74) is 2.06. The predicted molar refractivity (Wildman–Crippen MR) is 68.9 cm³/mol. The fraction of sp³-hybridized carbons (Fsp3) is 0.286. The van der Waals surface area contributed by atoms with Crippen molar-refractivity contribution in [2.24, 2.45) is 0 Å². The Labute approximate surface area is 106 Å². The standard InChI is InChI=1S/C14H16N2O2/c1-10-5-4-6-11(2)13(10)18-12(3)14(17)16-8-7-15-9-16/h4-9,12H,1-3H3. The molecule has 1 atom stereocenters. The molecule has 2 aromatic rings. The van der Waals surface area contributed by atoms with Crippen LogP contribution in [0.3, 0.4) is 0 Å².